The Labute approximate surface area is 89.2 Å². The Morgan fingerprint density at radius 1 is 1.33 bits per heavy atom. The molecule has 0 amide bonds. The van der Waals surface area contributed by atoms with Crippen molar-refractivity contribution in [2.45, 2.75) is 37.9 Å². The second-order valence-electron chi connectivity index (χ2n) is 4.18. The summed E-state index contributed by atoms with van der Waals surface area (Å²) in [5, 5.41) is 8.45. The summed E-state index contributed by atoms with van der Waals surface area (Å²) in [6.07, 6.45) is 3.20. The van der Waals surface area contributed by atoms with Gasteiger partial charge in [-0.05, 0) is 12.8 Å². The van der Waals surface area contributed by atoms with Crippen LogP contribution in [-0.4, -0.2) is 24.8 Å². The van der Waals surface area contributed by atoms with Crippen molar-refractivity contribution in [2.75, 3.05) is 13.2 Å². The van der Waals surface area contributed by atoms with Crippen LogP contribution in [0.25, 0.3) is 0 Å². The summed E-state index contributed by atoms with van der Waals surface area (Å²) in [7, 11) is 0. The standard InChI is InChI=1S/C11H15NO3/c12-6-3-10(13)9-1-4-11(5-2-9)14-7-8-15-11/h9H,1-5,7-8H2. The number of Topliss-reactive ketones (excluding diaryl/α,β-unsaturated/α-hetero) is 1. The molecule has 1 saturated heterocycles. The third-order valence-corrected chi connectivity index (χ3v) is 3.27. The molecule has 0 unspecified atom stereocenters. The normalized spacial score (nSPS) is 25.3. The number of nitrogens with zero attached hydrogens (tertiary/aromatic N) is 1. The minimum absolute atomic E-state index is 0.0411. The Kier molecular flexibility index (Phi) is 3.03. The molecule has 0 atom stereocenters. The highest BCUT2D eigenvalue weighted by atomic mass is 16.7. The van der Waals surface area contributed by atoms with Crippen LogP contribution in [0.1, 0.15) is 32.1 Å². The van der Waals surface area contributed by atoms with Crippen LogP contribution in [0.15, 0.2) is 0 Å². The van der Waals surface area contributed by atoms with Crippen molar-refractivity contribution in [3.63, 3.8) is 0 Å². The van der Waals surface area contributed by atoms with E-state index in [0.717, 1.165) is 25.7 Å². The molecule has 4 nitrogen and oxygen atoms in total. The van der Waals surface area contributed by atoms with Crippen molar-refractivity contribution >= 4 is 5.78 Å². The van der Waals surface area contributed by atoms with Crippen molar-refractivity contribution in [3.05, 3.63) is 0 Å². The van der Waals surface area contributed by atoms with Gasteiger partial charge < -0.3 is 9.47 Å². The van der Waals surface area contributed by atoms with E-state index in [0.29, 0.717) is 13.2 Å². The summed E-state index contributed by atoms with van der Waals surface area (Å²) in [6, 6.07) is 1.91. The summed E-state index contributed by atoms with van der Waals surface area (Å²) >= 11 is 0. The van der Waals surface area contributed by atoms with Crippen LogP contribution in [-0.2, 0) is 14.3 Å². The van der Waals surface area contributed by atoms with E-state index in [1.54, 1.807) is 0 Å². The van der Waals surface area contributed by atoms with E-state index in [1.165, 1.54) is 0 Å². The van der Waals surface area contributed by atoms with Gasteiger partial charge in [-0.2, -0.15) is 5.26 Å². The van der Waals surface area contributed by atoms with Crippen LogP contribution >= 0.6 is 0 Å². The Morgan fingerprint density at radius 3 is 2.47 bits per heavy atom. The Balaban J connectivity index is 1.86. The molecule has 15 heavy (non-hydrogen) atoms. The second-order valence-corrected chi connectivity index (χ2v) is 4.18. The van der Waals surface area contributed by atoms with E-state index in [1.807, 2.05) is 6.07 Å². The van der Waals surface area contributed by atoms with Crippen molar-refractivity contribution in [2.24, 2.45) is 5.92 Å². The fourth-order valence-electron chi connectivity index (χ4n) is 2.39. The first-order valence-electron chi connectivity index (χ1n) is 5.43. The molecule has 2 fully saturated rings. The number of nitriles is 1. The van der Waals surface area contributed by atoms with Gasteiger partial charge in [0, 0.05) is 18.8 Å². The van der Waals surface area contributed by atoms with Gasteiger partial charge in [-0.15, -0.1) is 0 Å². The van der Waals surface area contributed by atoms with E-state index in [2.05, 4.69) is 0 Å². The summed E-state index contributed by atoms with van der Waals surface area (Å²) < 4.78 is 11.1. The zero-order chi connectivity index (χ0) is 10.7. The predicted molar refractivity (Wildman–Crippen MR) is 51.8 cm³/mol. The number of carbonyl (C=O) groups is 1. The summed E-state index contributed by atoms with van der Waals surface area (Å²) in [4.78, 5) is 11.5. The molecule has 1 saturated carbocycles. The molecule has 0 aromatic heterocycles. The topological polar surface area (TPSA) is 59.3 Å². The Hall–Kier alpha value is -0.920. The average molecular weight is 209 g/mol. The number of carbonyl (C=O) groups excluding carboxylic acids is 1. The van der Waals surface area contributed by atoms with Gasteiger partial charge in [0.25, 0.3) is 0 Å². The van der Waals surface area contributed by atoms with E-state index in [-0.39, 0.29) is 18.1 Å². The molecule has 2 rings (SSSR count). The molecule has 82 valence electrons. The maximum absolute atomic E-state index is 11.5. The quantitative estimate of drug-likeness (QED) is 0.689. The van der Waals surface area contributed by atoms with Crippen LogP contribution in [0.5, 0.6) is 0 Å². The molecule has 1 heterocycles. The van der Waals surface area contributed by atoms with Gasteiger partial charge in [-0.25, -0.2) is 0 Å². The maximum Gasteiger partial charge on any atom is 0.168 e. The molecule has 1 spiro atoms. The van der Waals surface area contributed by atoms with Crippen LogP contribution < -0.4 is 0 Å². The molecule has 4 heteroatoms. The minimum Gasteiger partial charge on any atom is -0.348 e. The monoisotopic (exact) mass is 209 g/mol. The van der Waals surface area contributed by atoms with Crippen molar-refractivity contribution in [1.29, 1.82) is 5.26 Å². The molecule has 1 aliphatic heterocycles. The number of hydrogen-bond donors (Lipinski definition) is 0. The van der Waals surface area contributed by atoms with Crippen LogP contribution in [0.3, 0.4) is 0 Å². The maximum atomic E-state index is 11.5. The van der Waals surface area contributed by atoms with Crippen LogP contribution in [0.2, 0.25) is 0 Å². The minimum atomic E-state index is -0.399. The average Bonchev–Trinajstić information content (AvgIpc) is 2.68. The fraction of sp³-hybridized carbons (Fsp3) is 0.818. The van der Waals surface area contributed by atoms with Gasteiger partial charge in [-0.3, -0.25) is 4.79 Å². The summed E-state index contributed by atoms with van der Waals surface area (Å²) in [5.41, 5.74) is 0. The molecule has 1 aliphatic carbocycles. The number of ether oxygens (including phenoxy) is 2. The molecule has 0 aromatic rings. The lowest BCUT2D eigenvalue weighted by Gasteiger charge is -2.34. The first-order chi connectivity index (χ1) is 7.26. The fourth-order valence-corrected chi connectivity index (χ4v) is 2.39. The second kappa shape index (κ2) is 4.30. The first kappa shape index (κ1) is 10.6. The molecule has 2 aliphatic rings. The summed E-state index contributed by atoms with van der Waals surface area (Å²) in [5.74, 6) is -0.280. The van der Waals surface area contributed by atoms with Crippen molar-refractivity contribution in [1.82, 2.24) is 0 Å². The molecule has 0 aromatic carbocycles. The van der Waals surface area contributed by atoms with Crippen molar-refractivity contribution < 1.29 is 14.3 Å². The lowest BCUT2D eigenvalue weighted by Crippen LogP contribution is -2.37. The van der Waals surface area contributed by atoms with Gasteiger partial charge in [0.1, 0.15) is 5.78 Å². The van der Waals surface area contributed by atoms with Gasteiger partial charge >= 0.3 is 0 Å². The lowest BCUT2D eigenvalue weighted by molar-refractivity contribution is -0.183. The highest BCUT2D eigenvalue weighted by molar-refractivity contribution is 5.82. The zero-order valence-corrected chi connectivity index (χ0v) is 8.70. The van der Waals surface area contributed by atoms with Gasteiger partial charge in [0.2, 0.25) is 0 Å². The lowest BCUT2D eigenvalue weighted by atomic mass is 9.82. The predicted octanol–water partition coefficient (Wildman–Crippen LogP) is 1.40. The summed E-state index contributed by atoms with van der Waals surface area (Å²) in [6.45, 7) is 1.33. The number of ketones is 1. The van der Waals surface area contributed by atoms with Gasteiger partial charge in [0.15, 0.2) is 5.79 Å². The van der Waals surface area contributed by atoms with E-state index < -0.39 is 5.79 Å². The Morgan fingerprint density at radius 2 is 1.93 bits per heavy atom. The SMILES string of the molecule is N#CCC(=O)C1CCC2(CC1)OCCO2. The van der Waals surface area contributed by atoms with E-state index >= 15 is 0 Å². The first-order valence-corrected chi connectivity index (χ1v) is 5.43. The largest absolute Gasteiger partial charge is 0.348 e. The molecule has 0 N–H and O–H groups in total. The van der Waals surface area contributed by atoms with Crippen LogP contribution in [0, 0.1) is 17.2 Å². The van der Waals surface area contributed by atoms with Gasteiger partial charge in [0.05, 0.1) is 25.7 Å². The van der Waals surface area contributed by atoms with Crippen molar-refractivity contribution in [3.8, 4) is 6.07 Å². The molecule has 0 radical (unpaired) electrons. The third kappa shape index (κ3) is 2.19. The van der Waals surface area contributed by atoms with Crippen LogP contribution in [0.4, 0.5) is 0 Å². The van der Waals surface area contributed by atoms with E-state index in [9.17, 15) is 4.79 Å². The molecular weight excluding hydrogens is 194 g/mol. The van der Waals surface area contributed by atoms with E-state index in [4.69, 9.17) is 14.7 Å². The number of hydrogen-bond acceptors (Lipinski definition) is 4. The zero-order valence-electron chi connectivity index (χ0n) is 8.70. The highest BCUT2D eigenvalue weighted by Gasteiger charge is 2.41. The molecular formula is C11H15NO3. The highest BCUT2D eigenvalue weighted by Crippen LogP contribution is 2.38. The number of rotatable bonds is 2. The third-order valence-electron chi connectivity index (χ3n) is 3.27. The Bertz CT molecular complexity index is 279. The molecule has 0 bridgehead atoms. The van der Waals surface area contributed by atoms with Gasteiger partial charge in [-0.1, -0.05) is 0 Å². The smallest absolute Gasteiger partial charge is 0.168 e.